The van der Waals surface area contributed by atoms with E-state index in [9.17, 15) is 17.3 Å². The number of benzene rings is 2. The fraction of sp³-hybridized carbons (Fsp3) is 0.167. The second kappa shape index (κ2) is 7.55. The van der Waals surface area contributed by atoms with Gasteiger partial charge in [-0.05, 0) is 44.0 Å². The van der Waals surface area contributed by atoms with Crippen molar-refractivity contribution < 1.29 is 21.8 Å². The van der Waals surface area contributed by atoms with Gasteiger partial charge < -0.3 is 17.3 Å². The first-order chi connectivity index (χ1) is 11.6. The van der Waals surface area contributed by atoms with Gasteiger partial charge in [-0.1, -0.05) is 35.9 Å². The monoisotopic (exact) mass is 350 g/mol. The van der Waals surface area contributed by atoms with E-state index in [0.29, 0.717) is 0 Å². The van der Waals surface area contributed by atoms with Gasteiger partial charge in [0.05, 0.1) is 0 Å². The molecule has 0 saturated carbocycles. The minimum atomic E-state index is -6.00. The van der Waals surface area contributed by atoms with Crippen molar-refractivity contribution in [3.63, 3.8) is 0 Å². The molecule has 7 heteroatoms. The molecule has 0 unspecified atom stereocenters. The maximum absolute atomic E-state index is 9.75. The number of aryl methyl sites for hydroxylation is 3. The van der Waals surface area contributed by atoms with Crippen LogP contribution < -0.4 is 4.57 Å². The summed E-state index contributed by atoms with van der Waals surface area (Å²) in [6, 6.07) is 14.8. The molecule has 1 aromatic heterocycles. The minimum Gasteiger partial charge on any atom is -0.418 e. The van der Waals surface area contributed by atoms with E-state index < -0.39 is 7.25 Å². The molecule has 0 radical (unpaired) electrons. The van der Waals surface area contributed by atoms with Gasteiger partial charge >= 0.3 is 7.25 Å². The Morgan fingerprint density at radius 1 is 0.880 bits per heavy atom. The standard InChI is InChI=1S/C18H19N2.BF4/c1-14-11-15(2)18(16(3)12-14)20-10-9-19(13-20)17-7-5-4-6-8-17;2-1(3,4)5/h4-13H,1-3H3;/q+1;-1. The molecule has 0 spiro atoms. The van der Waals surface area contributed by atoms with Crippen LogP contribution in [0, 0.1) is 20.8 Å². The summed E-state index contributed by atoms with van der Waals surface area (Å²) < 4.78 is 43.3. The van der Waals surface area contributed by atoms with Crippen LogP contribution in [0.15, 0.2) is 61.2 Å². The molecule has 0 aliphatic heterocycles. The van der Waals surface area contributed by atoms with Gasteiger partial charge in [0.2, 0.25) is 0 Å². The van der Waals surface area contributed by atoms with E-state index in [0.717, 1.165) is 0 Å². The molecule has 0 aliphatic rings. The molecule has 1 heterocycles. The summed E-state index contributed by atoms with van der Waals surface area (Å²) >= 11 is 0. The first-order valence-corrected chi connectivity index (χ1v) is 7.75. The van der Waals surface area contributed by atoms with Crippen molar-refractivity contribution in [2.45, 2.75) is 20.8 Å². The SMILES string of the molecule is Cc1cc(C)c(-[n+]2ccn(-c3ccccc3)c2)c(C)c1.F[B-](F)(F)F. The van der Waals surface area contributed by atoms with Gasteiger partial charge in [0, 0.05) is 0 Å². The summed E-state index contributed by atoms with van der Waals surface area (Å²) in [4.78, 5) is 0. The molecule has 3 rings (SSSR count). The van der Waals surface area contributed by atoms with Gasteiger partial charge in [0.15, 0.2) is 0 Å². The zero-order valence-electron chi connectivity index (χ0n) is 14.3. The number of aromatic nitrogens is 2. The zero-order chi connectivity index (χ0) is 18.6. The van der Waals surface area contributed by atoms with Crippen LogP contribution >= 0.6 is 0 Å². The lowest BCUT2D eigenvalue weighted by Crippen LogP contribution is -2.30. The smallest absolute Gasteiger partial charge is 0.418 e. The summed E-state index contributed by atoms with van der Waals surface area (Å²) in [5, 5.41) is 0. The van der Waals surface area contributed by atoms with Gasteiger partial charge in [-0.25, -0.2) is 9.13 Å². The third kappa shape index (κ3) is 5.48. The van der Waals surface area contributed by atoms with Gasteiger partial charge in [-0.3, -0.25) is 0 Å². The van der Waals surface area contributed by atoms with E-state index in [1.807, 2.05) is 6.07 Å². The summed E-state index contributed by atoms with van der Waals surface area (Å²) in [5.74, 6) is 0. The molecule has 2 aromatic carbocycles. The van der Waals surface area contributed by atoms with Crippen molar-refractivity contribution >= 4 is 7.25 Å². The predicted octanol–water partition coefficient (Wildman–Crippen LogP) is 4.98. The normalized spacial score (nSPS) is 11.0. The van der Waals surface area contributed by atoms with Gasteiger partial charge in [0.25, 0.3) is 6.33 Å². The van der Waals surface area contributed by atoms with Crippen LogP contribution in [-0.4, -0.2) is 11.8 Å². The summed E-state index contributed by atoms with van der Waals surface area (Å²) in [7, 11) is -6.00. The highest BCUT2D eigenvalue weighted by atomic mass is 19.5. The number of hydrogen-bond acceptors (Lipinski definition) is 0. The Bertz CT molecular complexity index is 813. The Morgan fingerprint density at radius 2 is 1.40 bits per heavy atom. The molecule has 0 aliphatic carbocycles. The fourth-order valence-electron chi connectivity index (χ4n) is 2.82. The van der Waals surface area contributed by atoms with Crippen LogP contribution in [0.1, 0.15) is 16.7 Å². The number of nitrogens with zero attached hydrogens (tertiary/aromatic N) is 2. The van der Waals surface area contributed by atoms with E-state index in [1.54, 1.807) is 0 Å². The van der Waals surface area contributed by atoms with Crippen molar-refractivity contribution in [3.05, 3.63) is 77.9 Å². The molecular formula is C18H19BF4N2. The Balaban J connectivity index is 0.000000399. The summed E-state index contributed by atoms with van der Waals surface area (Å²) in [6.45, 7) is 6.48. The molecule has 0 amide bonds. The van der Waals surface area contributed by atoms with Gasteiger partial charge in [-0.15, -0.1) is 0 Å². The van der Waals surface area contributed by atoms with Crippen LogP contribution in [0.2, 0.25) is 0 Å². The number of rotatable bonds is 2. The number of hydrogen-bond donors (Lipinski definition) is 0. The molecule has 3 aromatic rings. The maximum atomic E-state index is 9.75. The lowest BCUT2D eigenvalue weighted by atomic mass is 10.1. The van der Waals surface area contributed by atoms with Crippen LogP contribution in [0.25, 0.3) is 11.4 Å². The van der Waals surface area contributed by atoms with E-state index >= 15 is 0 Å². The van der Waals surface area contributed by atoms with E-state index in [1.165, 1.54) is 28.1 Å². The molecule has 0 atom stereocenters. The second-order valence-electron chi connectivity index (χ2n) is 5.81. The molecule has 0 fully saturated rings. The lowest BCUT2D eigenvalue weighted by molar-refractivity contribution is -0.595. The Labute approximate surface area is 144 Å². The Kier molecular flexibility index (Phi) is 5.67. The quantitative estimate of drug-likeness (QED) is 0.350. The molecule has 2 nitrogen and oxygen atoms in total. The van der Waals surface area contributed by atoms with E-state index in [4.69, 9.17) is 0 Å². The van der Waals surface area contributed by atoms with Crippen LogP contribution in [0.4, 0.5) is 17.3 Å². The zero-order valence-corrected chi connectivity index (χ0v) is 14.3. The van der Waals surface area contributed by atoms with Crippen LogP contribution in [0.5, 0.6) is 0 Å². The van der Waals surface area contributed by atoms with Crippen LogP contribution in [0.3, 0.4) is 0 Å². The number of halogens is 4. The first kappa shape index (κ1) is 18.8. The Hall–Kier alpha value is -2.57. The average molecular weight is 350 g/mol. The molecular weight excluding hydrogens is 331 g/mol. The largest absolute Gasteiger partial charge is 0.673 e. The maximum Gasteiger partial charge on any atom is 0.673 e. The van der Waals surface area contributed by atoms with Crippen molar-refractivity contribution in [1.82, 2.24) is 4.57 Å². The number of imidazole rings is 1. The van der Waals surface area contributed by atoms with Gasteiger partial charge in [0.1, 0.15) is 23.8 Å². The van der Waals surface area contributed by atoms with E-state index in [-0.39, 0.29) is 0 Å². The summed E-state index contributed by atoms with van der Waals surface area (Å²) in [6.07, 6.45) is 6.33. The second-order valence-corrected chi connectivity index (χ2v) is 5.81. The topological polar surface area (TPSA) is 8.81 Å². The minimum absolute atomic E-state index is 1.17. The number of para-hydroxylation sites is 1. The third-order valence-corrected chi connectivity index (χ3v) is 3.58. The van der Waals surface area contributed by atoms with Crippen molar-refractivity contribution in [2.75, 3.05) is 0 Å². The van der Waals surface area contributed by atoms with Crippen molar-refractivity contribution in [2.24, 2.45) is 0 Å². The highest BCUT2D eigenvalue weighted by Crippen LogP contribution is 2.16. The van der Waals surface area contributed by atoms with Crippen LogP contribution in [-0.2, 0) is 0 Å². The highest BCUT2D eigenvalue weighted by Gasteiger charge is 2.20. The highest BCUT2D eigenvalue weighted by molar-refractivity contribution is 6.50. The Morgan fingerprint density at radius 3 is 1.92 bits per heavy atom. The summed E-state index contributed by atoms with van der Waals surface area (Å²) in [5.41, 5.74) is 6.36. The lowest BCUT2D eigenvalue weighted by Gasteiger charge is -2.07. The molecule has 0 bridgehead atoms. The average Bonchev–Trinajstić information content (AvgIpc) is 2.95. The molecule has 25 heavy (non-hydrogen) atoms. The predicted molar refractivity (Wildman–Crippen MR) is 91.7 cm³/mol. The fourth-order valence-corrected chi connectivity index (χ4v) is 2.82. The van der Waals surface area contributed by atoms with Crippen molar-refractivity contribution in [1.29, 1.82) is 0 Å². The molecule has 132 valence electrons. The van der Waals surface area contributed by atoms with Crippen molar-refractivity contribution in [3.8, 4) is 11.4 Å². The third-order valence-electron chi connectivity index (χ3n) is 3.58. The van der Waals surface area contributed by atoms with E-state index in [2.05, 4.69) is 85.0 Å². The molecule has 0 N–H and O–H groups in total. The first-order valence-electron chi connectivity index (χ1n) is 7.75. The van der Waals surface area contributed by atoms with Gasteiger partial charge in [-0.2, -0.15) is 0 Å². The molecule has 0 saturated heterocycles.